The van der Waals surface area contributed by atoms with Crippen molar-refractivity contribution < 1.29 is 0 Å². The molecule has 0 saturated heterocycles. The number of allylic oxidation sites excluding steroid dienone is 2. The molecule has 0 aliphatic heterocycles. The van der Waals surface area contributed by atoms with Crippen LogP contribution in [0.2, 0.25) is 0 Å². The van der Waals surface area contributed by atoms with E-state index in [1.807, 2.05) is 24.3 Å². The van der Waals surface area contributed by atoms with Gasteiger partial charge in [-0.05, 0) is 31.1 Å². The summed E-state index contributed by atoms with van der Waals surface area (Å²) < 4.78 is 0. The van der Waals surface area contributed by atoms with Crippen LogP contribution in [0.1, 0.15) is 25.7 Å². The molecular weight excluding hydrogens is 316 g/mol. The molecule has 3 aliphatic carbocycles. The van der Waals surface area contributed by atoms with Crippen molar-refractivity contribution in [1.82, 2.24) is 0 Å². The van der Waals surface area contributed by atoms with E-state index in [2.05, 4.69) is 15.9 Å². The van der Waals surface area contributed by atoms with Crippen molar-refractivity contribution in [2.45, 2.75) is 30.5 Å². The smallest absolute Gasteiger partial charge is 0.191 e. The van der Waals surface area contributed by atoms with Gasteiger partial charge >= 0.3 is 0 Å². The van der Waals surface area contributed by atoms with Crippen LogP contribution in [0.4, 0.5) is 0 Å². The average Bonchev–Trinajstić information content (AvgIpc) is 3.08. The molecule has 0 unspecified atom stereocenters. The van der Waals surface area contributed by atoms with E-state index < -0.39 is 15.7 Å². The van der Waals surface area contributed by atoms with Gasteiger partial charge in [-0.1, -0.05) is 27.1 Å². The predicted octanol–water partition coefficient (Wildman–Crippen LogP) is 2.95. The van der Waals surface area contributed by atoms with Gasteiger partial charge in [0, 0.05) is 6.42 Å². The van der Waals surface area contributed by atoms with Gasteiger partial charge in [0.1, 0.15) is 0 Å². The Bertz CT molecular complexity index is 651. The molecule has 3 rings (SSSR count). The Morgan fingerprint density at radius 3 is 2.10 bits per heavy atom. The minimum atomic E-state index is -1.63. The van der Waals surface area contributed by atoms with Gasteiger partial charge in [-0.3, -0.25) is 0 Å². The van der Waals surface area contributed by atoms with Crippen molar-refractivity contribution >= 4 is 15.9 Å². The fourth-order valence-electron chi connectivity index (χ4n) is 4.18. The molecule has 3 aliphatic rings. The summed E-state index contributed by atoms with van der Waals surface area (Å²) in [6.07, 6.45) is 3.49. The van der Waals surface area contributed by atoms with E-state index in [0.29, 0.717) is 11.8 Å². The molecule has 0 spiro atoms. The lowest BCUT2D eigenvalue weighted by atomic mass is 9.55. The third-order valence-electron chi connectivity index (χ3n) is 5.25. The topological polar surface area (TPSA) is 95.2 Å². The summed E-state index contributed by atoms with van der Waals surface area (Å²) in [6, 6.07) is 7.97. The van der Waals surface area contributed by atoms with Crippen LogP contribution in [0, 0.1) is 68.0 Å². The second-order valence-corrected chi connectivity index (χ2v) is 6.80. The van der Waals surface area contributed by atoms with Gasteiger partial charge in [0.25, 0.3) is 0 Å². The molecule has 2 bridgehead atoms. The molecule has 0 aromatic heterocycles. The van der Waals surface area contributed by atoms with Gasteiger partial charge in [0.05, 0.1) is 29.1 Å². The monoisotopic (exact) mass is 326 g/mol. The first-order valence-corrected chi connectivity index (χ1v) is 7.52. The zero-order chi connectivity index (χ0) is 14.5. The molecule has 3 atom stereocenters. The molecule has 4 nitrogen and oxygen atoms in total. The lowest BCUT2D eigenvalue weighted by Crippen LogP contribution is -2.49. The van der Waals surface area contributed by atoms with E-state index in [1.54, 1.807) is 0 Å². The highest BCUT2D eigenvalue weighted by Gasteiger charge is 2.65. The van der Waals surface area contributed by atoms with Gasteiger partial charge in [-0.25, -0.2) is 0 Å². The fraction of sp³-hybridized carbons (Fsp3) is 0.600. The van der Waals surface area contributed by atoms with Crippen molar-refractivity contribution in [2.75, 3.05) is 0 Å². The zero-order valence-corrected chi connectivity index (χ0v) is 12.3. The van der Waals surface area contributed by atoms with Crippen LogP contribution < -0.4 is 0 Å². The summed E-state index contributed by atoms with van der Waals surface area (Å²) in [4.78, 5) is -0.511. The normalized spacial score (nSPS) is 35.4. The minimum Gasteiger partial charge on any atom is -0.196 e. The van der Waals surface area contributed by atoms with Gasteiger partial charge in [0.2, 0.25) is 0 Å². The minimum absolute atomic E-state index is 0.250. The van der Waals surface area contributed by atoms with Gasteiger partial charge in [-0.15, -0.1) is 0 Å². The van der Waals surface area contributed by atoms with E-state index in [0.717, 1.165) is 30.4 Å². The second kappa shape index (κ2) is 4.09. The van der Waals surface area contributed by atoms with Crippen molar-refractivity contribution in [3.05, 3.63) is 11.1 Å². The first-order chi connectivity index (χ1) is 9.59. The molecule has 1 fully saturated rings. The molecule has 5 heteroatoms. The quantitative estimate of drug-likeness (QED) is 0.505. The third-order valence-corrected chi connectivity index (χ3v) is 6.43. The summed E-state index contributed by atoms with van der Waals surface area (Å²) >= 11 is 3.49. The molecule has 0 aromatic carbocycles. The maximum absolute atomic E-state index is 9.57. The summed E-state index contributed by atoms with van der Waals surface area (Å²) in [7, 11) is 0. The van der Waals surface area contributed by atoms with Crippen molar-refractivity contribution in [2.24, 2.45) is 22.7 Å². The van der Waals surface area contributed by atoms with Gasteiger partial charge < -0.3 is 0 Å². The van der Waals surface area contributed by atoms with Gasteiger partial charge in [0.15, 0.2) is 10.8 Å². The molecule has 0 radical (unpaired) electrons. The summed E-state index contributed by atoms with van der Waals surface area (Å²) in [6.45, 7) is 0. The molecule has 0 heterocycles. The number of nitrogens with zero attached hydrogens (tertiary/aromatic N) is 4. The third kappa shape index (κ3) is 1.22. The molecule has 0 amide bonds. The summed E-state index contributed by atoms with van der Waals surface area (Å²) in [5.41, 5.74) is -0.911. The van der Waals surface area contributed by atoms with Crippen LogP contribution in [0.3, 0.4) is 0 Å². The maximum atomic E-state index is 9.57. The van der Waals surface area contributed by atoms with Crippen molar-refractivity contribution in [3.63, 3.8) is 0 Å². The lowest BCUT2D eigenvalue weighted by Gasteiger charge is -2.43. The van der Waals surface area contributed by atoms with Crippen molar-refractivity contribution in [3.8, 4) is 24.3 Å². The number of halogens is 1. The predicted molar refractivity (Wildman–Crippen MR) is 72.5 cm³/mol. The number of rotatable bonds is 0. The van der Waals surface area contributed by atoms with Crippen LogP contribution in [0.15, 0.2) is 11.1 Å². The Kier molecular flexibility index (Phi) is 2.69. The highest BCUT2D eigenvalue weighted by molar-refractivity contribution is 9.09. The first kappa shape index (κ1) is 13.2. The number of hydrogen-bond acceptors (Lipinski definition) is 4. The second-order valence-electron chi connectivity index (χ2n) is 5.89. The highest BCUT2D eigenvalue weighted by atomic mass is 79.9. The molecule has 0 aromatic rings. The van der Waals surface area contributed by atoms with E-state index in [1.165, 1.54) is 0 Å². The molecule has 1 saturated carbocycles. The first-order valence-electron chi connectivity index (χ1n) is 6.61. The SMILES string of the molecule is N#CC1(C#N)CC2=C([C@H]3CC[C@@H]2C3)[C@H](Br)C1(C#N)C#N. The van der Waals surface area contributed by atoms with Crippen LogP contribution >= 0.6 is 15.9 Å². The van der Waals surface area contributed by atoms with Crippen LogP contribution in [-0.4, -0.2) is 4.83 Å². The molecule has 20 heavy (non-hydrogen) atoms. The fourth-order valence-corrected chi connectivity index (χ4v) is 5.44. The maximum Gasteiger partial charge on any atom is 0.191 e. The van der Waals surface area contributed by atoms with E-state index in [4.69, 9.17) is 0 Å². The largest absolute Gasteiger partial charge is 0.196 e. The zero-order valence-electron chi connectivity index (χ0n) is 10.7. The number of fused-ring (bicyclic) bond motifs is 4. The number of nitriles is 4. The van der Waals surface area contributed by atoms with Gasteiger partial charge in [-0.2, -0.15) is 21.0 Å². The standard InChI is InChI=1S/C15H11BrN4/c16-13-12-10-2-1-9(3-10)11(12)4-14(5-17,6-18)15(13,7-19)8-20/h9-10,13H,1-4H2/t9-,10+,13+/m1/s1. The highest BCUT2D eigenvalue weighted by Crippen LogP contribution is 2.63. The van der Waals surface area contributed by atoms with Crippen LogP contribution in [-0.2, 0) is 0 Å². The Labute approximate surface area is 126 Å². The van der Waals surface area contributed by atoms with Crippen LogP contribution in [0.25, 0.3) is 0 Å². The Morgan fingerprint density at radius 1 is 0.950 bits per heavy atom. The van der Waals surface area contributed by atoms with E-state index in [-0.39, 0.29) is 6.42 Å². The lowest BCUT2D eigenvalue weighted by molar-refractivity contribution is 0.269. The molecular formula is C15H11BrN4. The number of hydrogen-bond donors (Lipinski definition) is 0. The summed E-state index contributed by atoms with van der Waals surface area (Å²) in [5.74, 6) is 0.849. The van der Waals surface area contributed by atoms with Crippen LogP contribution in [0.5, 0.6) is 0 Å². The molecule has 98 valence electrons. The average molecular weight is 327 g/mol. The Hall–Kier alpha value is -1.82. The summed E-state index contributed by atoms with van der Waals surface area (Å²) in [5, 5.41) is 38.2. The van der Waals surface area contributed by atoms with E-state index in [9.17, 15) is 21.0 Å². The Balaban J connectivity index is 2.26. The molecule has 0 N–H and O–H groups in total. The van der Waals surface area contributed by atoms with E-state index >= 15 is 0 Å². The van der Waals surface area contributed by atoms with Crippen molar-refractivity contribution in [1.29, 1.82) is 21.0 Å². The number of alkyl halides is 1. The Morgan fingerprint density at radius 2 is 1.55 bits per heavy atom.